The zero-order valence-electron chi connectivity index (χ0n) is 13.0. The van der Waals surface area contributed by atoms with Crippen LogP contribution in [0.25, 0.3) is 11.5 Å². The molecule has 1 aliphatic heterocycles. The highest BCUT2D eigenvalue weighted by atomic mass is 35.5. The van der Waals surface area contributed by atoms with Gasteiger partial charge in [0.2, 0.25) is 11.8 Å². The van der Waals surface area contributed by atoms with Crippen LogP contribution in [-0.4, -0.2) is 29.4 Å². The molecule has 0 saturated carbocycles. The minimum absolute atomic E-state index is 0. The highest BCUT2D eigenvalue weighted by molar-refractivity contribution is 5.85. The van der Waals surface area contributed by atoms with E-state index in [1.807, 2.05) is 31.2 Å². The minimum atomic E-state index is -2.82. The van der Waals surface area contributed by atoms with Crippen LogP contribution in [0, 0.1) is 6.92 Å². The third-order valence-corrected chi connectivity index (χ3v) is 3.72. The monoisotopic (exact) mass is 357 g/mol. The number of aromatic nitrogens is 1. The van der Waals surface area contributed by atoms with Crippen LogP contribution in [0.3, 0.4) is 0 Å². The van der Waals surface area contributed by atoms with Crippen molar-refractivity contribution in [3.8, 4) is 11.5 Å². The number of carbonyl (C=O) groups is 1. The summed E-state index contributed by atoms with van der Waals surface area (Å²) >= 11 is 0. The van der Waals surface area contributed by atoms with Crippen LogP contribution in [-0.2, 0) is 11.3 Å². The molecule has 1 aliphatic rings. The van der Waals surface area contributed by atoms with E-state index in [1.165, 1.54) is 6.26 Å². The molecule has 0 aliphatic carbocycles. The Morgan fingerprint density at radius 2 is 2.12 bits per heavy atom. The number of rotatable bonds is 4. The lowest BCUT2D eigenvalue weighted by molar-refractivity contribution is -0.123. The Morgan fingerprint density at radius 3 is 2.75 bits per heavy atom. The van der Waals surface area contributed by atoms with E-state index in [-0.39, 0.29) is 19.0 Å². The van der Waals surface area contributed by atoms with Gasteiger partial charge in [-0.15, -0.1) is 12.4 Å². The number of benzene rings is 1. The van der Waals surface area contributed by atoms with Crippen molar-refractivity contribution in [2.24, 2.45) is 0 Å². The van der Waals surface area contributed by atoms with Gasteiger partial charge < -0.3 is 9.73 Å². The first-order valence-electron chi connectivity index (χ1n) is 7.33. The maximum atomic E-state index is 13.1. The molecule has 1 saturated heterocycles. The van der Waals surface area contributed by atoms with Gasteiger partial charge in [0.05, 0.1) is 24.8 Å². The topological polar surface area (TPSA) is 67.2 Å². The number of hydrogen-bond acceptors (Lipinski definition) is 4. The molecule has 8 heteroatoms. The Kier molecular flexibility index (Phi) is 5.56. The molecule has 1 unspecified atom stereocenters. The molecule has 2 aromatic rings. The molecule has 5 nitrogen and oxygen atoms in total. The fraction of sp³-hybridized carbons (Fsp3) is 0.375. The molecule has 0 radical (unpaired) electrons. The number of halogens is 3. The molecule has 1 aromatic heterocycles. The van der Waals surface area contributed by atoms with Crippen molar-refractivity contribution in [3.05, 3.63) is 41.8 Å². The standard InChI is InChI=1S/C16H17F2N3O2.ClH/c1-10-2-4-11(5-3-10)15-21-12(8-23-15)7-19-14(22)13-6-16(17,18)9-20-13;/h2-5,8,13,20H,6-7,9H2,1H3,(H,19,22);1H. The van der Waals surface area contributed by atoms with E-state index in [9.17, 15) is 13.6 Å². The Bertz CT molecular complexity index is 704. The maximum Gasteiger partial charge on any atom is 0.262 e. The first-order chi connectivity index (χ1) is 10.9. The number of hydrogen-bond donors (Lipinski definition) is 2. The number of alkyl halides is 2. The van der Waals surface area contributed by atoms with Crippen LogP contribution in [0.2, 0.25) is 0 Å². The molecule has 1 fully saturated rings. The minimum Gasteiger partial charge on any atom is -0.444 e. The average molecular weight is 358 g/mol. The molecule has 1 atom stereocenters. The average Bonchev–Trinajstić information content (AvgIpc) is 3.12. The van der Waals surface area contributed by atoms with E-state index >= 15 is 0 Å². The molecule has 1 amide bonds. The van der Waals surface area contributed by atoms with Gasteiger partial charge in [0, 0.05) is 12.0 Å². The molecule has 24 heavy (non-hydrogen) atoms. The van der Waals surface area contributed by atoms with Gasteiger partial charge in [-0.1, -0.05) is 17.7 Å². The van der Waals surface area contributed by atoms with Crippen molar-refractivity contribution in [1.82, 2.24) is 15.6 Å². The fourth-order valence-corrected chi connectivity index (χ4v) is 2.42. The van der Waals surface area contributed by atoms with Crippen LogP contribution in [0.1, 0.15) is 17.7 Å². The lowest BCUT2D eigenvalue weighted by Crippen LogP contribution is -2.40. The van der Waals surface area contributed by atoms with Gasteiger partial charge in [0.1, 0.15) is 6.26 Å². The third-order valence-electron chi connectivity index (χ3n) is 3.72. The van der Waals surface area contributed by atoms with Gasteiger partial charge >= 0.3 is 0 Å². The van der Waals surface area contributed by atoms with Crippen molar-refractivity contribution in [1.29, 1.82) is 0 Å². The Morgan fingerprint density at radius 1 is 1.42 bits per heavy atom. The summed E-state index contributed by atoms with van der Waals surface area (Å²) in [6, 6.07) is 6.83. The molecule has 0 bridgehead atoms. The normalized spacial score (nSPS) is 18.9. The second-order valence-electron chi connectivity index (χ2n) is 5.72. The Balaban J connectivity index is 0.00000208. The van der Waals surface area contributed by atoms with Crippen LogP contribution < -0.4 is 10.6 Å². The smallest absolute Gasteiger partial charge is 0.262 e. The molecular formula is C16H18ClF2N3O2. The number of nitrogens with zero attached hydrogens (tertiary/aromatic N) is 1. The summed E-state index contributed by atoms with van der Waals surface area (Å²) < 4.78 is 31.5. The number of oxazole rings is 1. The number of aryl methyl sites for hydroxylation is 1. The quantitative estimate of drug-likeness (QED) is 0.883. The lowest BCUT2D eigenvalue weighted by Gasteiger charge is -2.09. The number of nitrogens with one attached hydrogen (secondary N) is 2. The number of carbonyl (C=O) groups excluding carboxylic acids is 1. The molecule has 2 heterocycles. The first-order valence-corrected chi connectivity index (χ1v) is 7.33. The van der Waals surface area contributed by atoms with E-state index in [2.05, 4.69) is 15.6 Å². The van der Waals surface area contributed by atoms with Crippen LogP contribution in [0.4, 0.5) is 8.78 Å². The van der Waals surface area contributed by atoms with Gasteiger partial charge in [-0.25, -0.2) is 13.8 Å². The van der Waals surface area contributed by atoms with Crippen LogP contribution >= 0.6 is 12.4 Å². The predicted molar refractivity (Wildman–Crippen MR) is 87.1 cm³/mol. The second kappa shape index (κ2) is 7.27. The third kappa shape index (κ3) is 4.30. The Hall–Kier alpha value is -1.99. The molecule has 1 aromatic carbocycles. The van der Waals surface area contributed by atoms with Crippen LogP contribution in [0.15, 0.2) is 34.9 Å². The molecule has 3 rings (SSSR count). The highest BCUT2D eigenvalue weighted by Gasteiger charge is 2.42. The molecule has 130 valence electrons. The van der Waals surface area contributed by atoms with Crippen molar-refractivity contribution in [2.75, 3.05) is 6.54 Å². The summed E-state index contributed by atoms with van der Waals surface area (Å²) in [6.45, 7) is 1.66. The van der Waals surface area contributed by atoms with E-state index in [4.69, 9.17) is 4.42 Å². The van der Waals surface area contributed by atoms with Gasteiger partial charge in [0.15, 0.2) is 0 Å². The lowest BCUT2D eigenvalue weighted by atomic mass is 10.1. The zero-order chi connectivity index (χ0) is 16.4. The predicted octanol–water partition coefficient (Wildman–Crippen LogP) is 2.69. The summed E-state index contributed by atoms with van der Waals surface area (Å²) in [6.07, 6.45) is 0.971. The van der Waals surface area contributed by atoms with Crippen molar-refractivity contribution >= 4 is 18.3 Å². The maximum absolute atomic E-state index is 13.1. The van der Waals surface area contributed by atoms with Crippen molar-refractivity contribution in [2.45, 2.75) is 31.9 Å². The SMILES string of the molecule is Cc1ccc(-c2nc(CNC(=O)C3CC(F)(F)CN3)co2)cc1.Cl. The molecule has 2 N–H and O–H groups in total. The van der Waals surface area contributed by atoms with Gasteiger partial charge in [-0.3, -0.25) is 10.1 Å². The van der Waals surface area contributed by atoms with E-state index in [0.717, 1.165) is 11.1 Å². The molecule has 0 spiro atoms. The summed E-state index contributed by atoms with van der Waals surface area (Å²) in [5, 5.41) is 5.11. The van der Waals surface area contributed by atoms with Crippen molar-refractivity contribution < 1.29 is 18.0 Å². The molecular weight excluding hydrogens is 340 g/mol. The summed E-state index contributed by atoms with van der Waals surface area (Å²) in [4.78, 5) is 16.1. The Labute approximate surface area is 144 Å². The summed E-state index contributed by atoms with van der Waals surface area (Å²) in [5.41, 5.74) is 2.51. The van der Waals surface area contributed by atoms with Crippen molar-refractivity contribution in [3.63, 3.8) is 0 Å². The van der Waals surface area contributed by atoms with Gasteiger partial charge in [-0.05, 0) is 19.1 Å². The number of amides is 1. The summed E-state index contributed by atoms with van der Waals surface area (Å²) in [7, 11) is 0. The highest BCUT2D eigenvalue weighted by Crippen LogP contribution is 2.25. The van der Waals surface area contributed by atoms with Gasteiger partial charge in [-0.2, -0.15) is 0 Å². The first kappa shape index (κ1) is 18.4. The fourth-order valence-electron chi connectivity index (χ4n) is 2.42. The van der Waals surface area contributed by atoms with E-state index in [1.54, 1.807) is 0 Å². The van der Waals surface area contributed by atoms with E-state index < -0.39 is 30.8 Å². The van der Waals surface area contributed by atoms with Crippen LogP contribution in [0.5, 0.6) is 0 Å². The zero-order valence-corrected chi connectivity index (χ0v) is 13.8. The largest absolute Gasteiger partial charge is 0.444 e. The second-order valence-corrected chi connectivity index (χ2v) is 5.72. The van der Waals surface area contributed by atoms with E-state index in [0.29, 0.717) is 11.6 Å². The van der Waals surface area contributed by atoms with Gasteiger partial charge in [0.25, 0.3) is 5.92 Å². The summed E-state index contributed by atoms with van der Waals surface area (Å²) in [5.74, 6) is -2.82.